The zero-order valence-corrected chi connectivity index (χ0v) is 12.1. The Hall–Kier alpha value is -1.01. The molecule has 1 aliphatic heterocycles. The van der Waals surface area contributed by atoms with Gasteiger partial charge < -0.3 is 4.90 Å². The van der Waals surface area contributed by atoms with Gasteiger partial charge in [0.2, 0.25) is 0 Å². The fourth-order valence-electron chi connectivity index (χ4n) is 2.45. The Balaban J connectivity index is 2.03. The predicted molar refractivity (Wildman–Crippen MR) is 70.2 cm³/mol. The highest BCUT2D eigenvalue weighted by Gasteiger charge is 2.26. The Bertz CT molecular complexity index is 394. The number of rotatable bonds is 3. The Labute approximate surface area is 109 Å². The highest BCUT2D eigenvalue weighted by atomic mass is 15.6. The zero-order chi connectivity index (χ0) is 13.3. The molecule has 0 saturated carbocycles. The molecule has 18 heavy (non-hydrogen) atoms. The van der Waals surface area contributed by atoms with E-state index in [1.54, 1.807) is 0 Å². The second-order valence-electron chi connectivity index (χ2n) is 6.30. The van der Waals surface area contributed by atoms with Gasteiger partial charge in [0.05, 0.1) is 12.1 Å². The maximum Gasteiger partial charge on any atom is 0.165 e. The van der Waals surface area contributed by atoms with E-state index in [-0.39, 0.29) is 5.54 Å². The van der Waals surface area contributed by atoms with E-state index in [9.17, 15) is 0 Å². The summed E-state index contributed by atoms with van der Waals surface area (Å²) in [5.41, 5.74) is -0.0634. The van der Waals surface area contributed by atoms with Crippen molar-refractivity contribution in [2.24, 2.45) is 0 Å². The lowest BCUT2D eigenvalue weighted by molar-refractivity contribution is 0.216. The summed E-state index contributed by atoms with van der Waals surface area (Å²) in [5.74, 6) is 0.944. The van der Waals surface area contributed by atoms with Crippen molar-refractivity contribution >= 4 is 0 Å². The minimum atomic E-state index is -0.0634. The molecule has 6 heteroatoms. The Morgan fingerprint density at radius 2 is 2.11 bits per heavy atom. The monoisotopic (exact) mass is 252 g/mol. The minimum absolute atomic E-state index is 0.0634. The summed E-state index contributed by atoms with van der Waals surface area (Å²) in [6.45, 7) is 9.48. The van der Waals surface area contributed by atoms with E-state index >= 15 is 0 Å². The van der Waals surface area contributed by atoms with Gasteiger partial charge in [0.1, 0.15) is 0 Å². The van der Waals surface area contributed by atoms with E-state index in [1.807, 2.05) is 4.68 Å². The van der Waals surface area contributed by atoms with Crippen molar-refractivity contribution in [2.75, 3.05) is 27.2 Å². The number of aromatic nitrogens is 4. The first-order valence-electron chi connectivity index (χ1n) is 6.54. The number of hydrogen-bond acceptors (Lipinski definition) is 5. The van der Waals surface area contributed by atoms with Crippen molar-refractivity contribution < 1.29 is 0 Å². The van der Waals surface area contributed by atoms with Crippen LogP contribution >= 0.6 is 0 Å². The van der Waals surface area contributed by atoms with Crippen LogP contribution in [0.3, 0.4) is 0 Å². The molecule has 0 radical (unpaired) electrons. The SMILES string of the molecule is CN1CCC(N(C)Cc2nnnn2C(C)(C)C)C1. The fourth-order valence-corrected chi connectivity index (χ4v) is 2.45. The number of likely N-dealkylation sites (tertiary alicyclic amines) is 1. The lowest BCUT2D eigenvalue weighted by atomic mass is 10.1. The average Bonchev–Trinajstić information content (AvgIpc) is 2.85. The molecule has 0 aromatic carbocycles. The van der Waals surface area contributed by atoms with E-state index in [1.165, 1.54) is 13.0 Å². The summed E-state index contributed by atoms with van der Waals surface area (Å²) < 4.78 is 1.92. The second kappa shape index (κ2) is 4.93. The molecule has 1 aromatic rings. The Morgan fingerprint density at radius 1 is 1.39 bits per heavy atom. The van der Waals surface area contributed by atoms with Gasteiger partial charge in [0, 0.05) is 12.6 Å². The molecule has 0 aliphatic carbocycles. The van der Waals surface area contributed by atoms with Gasteiger partial charge in [-0.25, -0.2) is 4.68 Å². The molecule has 1 saturated heterocycles. The molecule has 1 unspecified atom stereocenters. The molecule has 6 nitrogen and oxygen atoms in total. The summed E-state index contributed by atoms with van der Waals surface area (Å²) >= 11 is 0. The average molecular weight is 252 g/mol. The predicted octanol–water partition coefficient (Wildman–Crippen LogP) is 0.564. The molecule has 0 amide bonds. The van der Waals surface area contributed by atoms with E-state index < -0.39 is 0 Å². The summed E-state index contributed by atoms with van der Waals surface area (Å²) in [6.07, 6.45) is 1.23. The van der Waals surface area contributed by atoms with Gasteiger partial charge in [-0.1, -0.05) is 0 Å². The van der Waals surface area contributed by atoms with E-state index in [0.29, 0.717) is 6.04 Å². The van der Waals surface area contributed by atoms with Gasteiger partial charge in [-0.05, 0) is 58.3 Å². The third-order valence-corrected chi connectivity index (χ3v) is 3.55. The van der Waals surface area contributed by atoms with Gasteiger partial charge in [-0.15, -0.1) is 5.10 Å². The maximum atomic E-state index is 4.16. The van der Waals surface area contributed by atoms with Crippen LogP contribution in [-0.2, 0) is 12.1 Å². The molecule has 2 heterocycles. The van der Waals surface area contributed by atoms with Gasteiger partial charge in [0.25, 0.3) is 0 Å². The largest absolute Gasteiger partial charge is 0.305 e. The summed E-state index contributed by atoms with van der Waals surface area (Å²) in [5, 5.41) is 12.1. The molecule has 2 rings (SSSR count). The van der Waals surface area contributed by atoms with Gasteiger partial charge in [0.15, 0.2) is 5.82 Å². The number of hydrogen-bond donors (Lipinski definition) is 0. The molecule has 0 bridgehead atoms. The van der Waals surface area contributed by atoms with Crippen molar-refractivity contribution in [2.45, 2.75) is 45.3 Å². The third-order valence-electron chi connectivity index (χ3n) is 3.55. The van der Waals surface area contributed by atoms with Gasteiger partial charge >= 0.3 is 0 Å². The molecule has 1 atom stereocenters. The summed E-state index contributed by atoms with van der Waals surface area (Å²) in [7, 11) is 4.33. The van der Waals surface area contributed by atoms with Crippen LogP contribution < -0.4 is 0 Å². The van der Waals surface area contributed by atoms with Crippen molar-refractivity contribution in [3.8, 4) is 0 Å². The number of nitrogens with zero attached hydrogens (tertiary/aromatic N) is 6. The van der Waals surface area contributed by atoms with Crippen LogP contribution in [-0.4, -0.2) is 63.2 Å². The summed E-state index contributed by atoms with van der Waals surface area (Å²) in [4.78, 5) is 4.73. The van der Waals surface area contributed by atoms with Crippen molar-refractivity contribution in [1.82, 2.24) is 30.0 Å². The smallest absolute Gasteiger partial charge is 0.165 e. The first-order chi connectivity index (χ1) is 8.38. The van der Waals surface area contributed by atoms with Crippen LogP contribution in [0, 0.1) is 0 Å². The highest BCUT2D eigenvalue weighted by molar-refractivity contribution is 4.89. The van der Waals surface area contributed by atoms with Crippen molar-refractivity contribution in [3.05, 3.63) is 5.82 Å². The molecular weight excluding hydrogens is 228 g/mol. The molecule has 1 aliphatic rings. The van der Waals surface area contributed by atoms with Gasteiger partial charge in [-0.2, -0.15) is 0 Å². The van der Waals surface area contributed by atoms with Crippen LogP contribution in [0.25, 0.3) is 0 Å². The Kier molecular flexibility index (Phi) is 3.68. The highest BCUT2D eigenvalue weighted by Crippen LogP contribution is 2.17. The van der Waals surface area contributed by atoms with Crippen LogP contribution in [0.15, 0.2) is 0 Å². The quantitative estimate of drug-likeness (QED) is 0.787. The standard InChI is InChI=1S/C12H24N6/c1-12(2,3)18-11(13-14-15-18)9-17(5)10-6-7-16(4)8-10/h10H,6-9H2,1-5H3. The van der Waals surface area contributed by atoms with E-state index in [4.69, 9.17) is 0 Å². The molecule has 0 N–H and O–H groups in total. The first-order valence-corrected chi connectivity index (χ1v) is 6.54. The molecule has 0 spiro atoms. The van der Waals surface area contributed by atoms with Crippen molar-refractivity contribution in [1.29, 1.82) is 0 Å². The van der Waals surface area contributed by atoms with Crippen molar-refractivity contribution in [3.63, 3.8) is 0 Å². The zero-order valence-electron chi connectivity index (χ0n) is 12.1. The first kappa shape index (κ1) is 13.4. The topological polar surface area (TPSA) is 50.1 Å². The van der Waals surface area contributed by atoms with Crippen LogP contribution in [0.2, 0.25) is 0 Å². The Morgan fingerprint density at radius 3 is 2.67 bits per heavy atom. The van der Waals surface area contributed by atoms with Crippen LogP contribution in [0.5, 0.6) is 0 Å². The number of tetrazole rings is 1. The molecule has 1 fully saturated rings. The second-order valence-corrected chi connectivity index (χ2v) is 6.30. The fraction of sp³-hybridized carbons (Fsp3) is 0.917. The lowest BCUT2D eigenvalue weighted by Crippen LogP contribution is -2.35. The van der Waals surface area contributed by atoms with E-state index in [2.05, 4.69) is 60.2 Å². The molecule has 102 valence electrons. The maximum absolute atomic E-state index is 4.16. The van der Waals surface area contributed by atoms with E-state index in [0.717, 1.165) is 18.9 Å². The lowest BCUT2D eigenvalue weighted by Gasteiger charge is -2.26. The third kappa shape index (κ3) is 2.87. The number of likely N-dealkylation sites (N-methyl/N-ethyl adjacent to an activating group) is 2. The van der Waals surface area contributed by atoms with Crippen LogP contribution in [0.1, 0.15) is 33.0 Å². The normalized spacial score (nSPS) is 22.0. The molecule has 1 aromatic heterocycles. The van der Waals surface area contributed by atoms with Crippen LogP contribution in [0.4, 0.5) is 0 Å². The molecular formula is C12H24N6. The van der Waals surface area contributed by atoms with Gasteiger partial charge in [-0.3, -0.25) is 4.90 Å². The summed E-state index contributed by atoms with van der Waals surface area (Å²) in [6, 6.07) is 0.611. The minimum Gasteiger partial charge on any atom is -0.305 e.